The smallest absolute Gasteiger partial charge is 0.254 e. The first kappa shape index (κ1) is 36.4. The Balaban J connectivity index is 1.79. The number of amides is 5. The minimum absolute atomic E-state index is 0.246. The number of nitrogens with one attached hydrogen (secondary N) is 4. The van der Waals surface area contributed by atoms with Crippen LogP contribution in [0, 0.1) is 5.92 Å². The molecular weight excluding hydrogens is 666 g/mol. The number of primary amides is 1. The Morgan fingerprint density at radius 2 is 1.36 bits per heavy atom. The second kappa shape index (κ2) is 16.5. The van der Waals surface area contributed by atoms with E-state index in [0.717, 1.165) is 18.4 Å². The van der Waals surface area contributed by atoms with E-state index in [1.54, 1.807) is 13.8 Å². The molecule has 11 nitrogen and oxygen atoms in total. The quantitative estimate of drug-likeness (QED) is 0.146. The van der Waals surface area contributed by atoms with Gasteiger partial charge in [-0.2, -0.15) is 0 Å². The predicted octanol–water partition coefficient (Wildman–Crippen LogP) is 3.38. The van der Waals surface area contributed by atoms with Crippen LogP contribution in [-0.2, 0) is 20.8 Å². The third-order valence-electron chi connectivity index (χ3n) is 7.47. The molecule has 3 rings (SSSR count). The van der Waals surface area contributed by atoms with Gasteiger partial charge in [0, 0.05) is 12.1 Å². The van der Waals surface area contributed by atoms with Crippen molar-refractivity contribution in [2.75, 3.05) is 6.54 Å². The fourth-order valence-electron chi connectivity index (χ4n) is 5.07. The van der Waals surface area contributed by atoms with Gasteiger partial charge in [0.1, 0.15) is 6.04 Å². The van der Waals surface area contributed by atoms with Crippen LogP contribution in [0.15, 0.2) is 30.3 Å². The zero-order chi connectivity index (χ0) is 33.4. The highest BCUT2D eigenvalue weighted by molar-refractivity contribution is 6.54. The van der Waals surface area contributed by atoms with Gasteiger partial charge in [-0.3, -0.25) is 24.0 Å². The molecule has 2 aromatic rings. The summed E-state index contributed by atoms with van der Waals surface area (Å²) >= 11 is 25.3. The number of carbonyl (C=O) groups excluding carboxylic acids is 5. The summed E-state index contributed by atoms with van der Waals surface area (Å²) in [4.78, 5) is 64.1. The summed E-state index contributed by atoms with van der Waals surface area (Å²) in [7, 11) is 0. The molecule has 0 aliphatic heterocycles. The van der Waals surface area contributed by atoms with Crippen LogP contribution in [0.3, 0.4) is 0 Å². The predicted molar refractivity (Wildman–Crippen MR) is 175 cm³/mol. The highest BCUT2D eigenvalue weighted by Gasteiger charge is 2.34. The lowest BCUT2D eigenvalue weighted by Gasteiger charge is -2.33. The van der Waals surface area contributed by atoms with E-state index in [1.807, 2.05) is 30.3 Å². The van der Waals surface area contributed by atoms with Crippen molar-refractivity contribution in [2.24, 2.45) is 17.4 Å². The maximum Gasteiger partial charge on any atom is 0.254 e. The monoisotopic (exact) mass is 700 g/mol. The molecule has 1 fully saturated rings. The number of carbonyl (C=O) groups is 5. The molecule has 8 N–H and O–H groups in total. The van der Waals surface area contributed by atoms with Crippen molar-refractivity contribution in [2.45, 2.75) is 70.1 Å². The summed E-state index contributed by atoms with van der Waals surface area (Å²) in [6.07, 6.45) is 3.03. The molecule has 0 radical (unpaired) electrons. The Morgan fingerprint density at radius 3 is 1.89 bits per heavy atom. The maximum absolute atomic E-state index is 13.7. The first-order valence-electron chi connectivity index (χ1n) is 14.4. The maximum atomic E-state index is 13.7. The van der Waals surface area contributed by atoms with Gasteiger partial charge in [-0.05, 0) is 30.7 Å². The van der Waals surface area contributed by atoms with Gasteiger partial charge in [0.15, 0.2) is 0 Å². The Hall–Kier alpha value is -3.09. The summed E-state index contributed by atoms with van der Waals surface area (Å²) in [6.45, 7) is 2.81. The van der Waals surface area contributed by atoms with Crippen LogP contribution in [0.1, 0.15) is 65.8 Å². The highest BCUT2D eigenvalue weighted by Crippen LogP contribution is 2.41. The molecule has 0 saturated heterocycles. The summed E-state index contributed by atoms with van der Waals surface area (Å²) in [5, 5.41) is 9.42. The number of halogens is 4. The normalized spacial score (nSPS) is 17.6. The van der Waals surface area contributed by atoms with Crippen molar-refractivity contribution in [3.8, 4) is 0 Å². The fraction of sp³-hybridized carbons (Fsp3) is 0.433. The van der Waals surface area contributed by atoms with Crippen molar-refractivity contribution in [3.05, 3.63) is 67.1 Å². The molecule has 2 unspecified atom stereocenters. The van der Waals surface area contributed by atoms with Gasteiger partial charge in [-0.25, -0.2) is 0 Å². The van der Waals surface area contributed by atoms with Crippen LogP contribution in [0.5, 0.6) is 0 Å². The first-order chi connectivity index (χ1) is 21.2. The highest BCUT2D eigenvalue weighted by atomic mass is 35.5. The number of nitrogens with two attached hydrogens (primary N) is 2. The van der Waals surface area contributed by atoms with Crippen LogP contribution in [0.4, 0.5) is 0 Å². The largest absolute Gasteiger partial charge is 0.368 e. The van der Waals surface area contributed by atoms with Crippen LogP contribution < -0.4 is 32.7 Å². The van der Waals surface area contributed by atoms with Crippen LogP contribution in [0.2, 0.25) is 20.1 Å². The summed E-state index contributed by atoms with van der Waals surface area (Å²) in [5.41, 5.74) is 11.7. The van der Waals surface area contributed by atoms with E-state index in [9.17, 15) is 24.0 Å². The average Bonchev–Trinajstić information content (AvgIpc) is 3.00. The lowest BCUT2D eigenvalue weighted by Crippen LogP contribution is -2.56. The molecule has 1 saturated carbocycles. The molecule has 0 heterocycles. The van der Waals surface area contributed by atoms with Gasteiger partial charge in [-0.15, -0.1) is 0 Å². The van der Waals surface area contributed by atoms with E-state index in [0.29, 0.717) is 19.3 Å². The molecule has 5 amide bonds. The number of hydrogen-bond donors (Lipinski definition) is 6. The zero-order valence-corrected chi connectivity index (χ0v) is 27.7. The van der Waals surface area contributed by atoms with E-state index in [1.165, 1.54) is 0 Å². The van der Waals surface area contributed by atoms with Crippen LogP contribution in [-0.4, -0.2) is 60.2 Å². The average molecular weight is 702 g/mol. The molecule has 0 spiro atoms. The molecule has 244 valence electrons. The fourth-order valence-corrected chi connectivity index (χ4v) is 6.09. The van der Waals surface area contributed by atoms with Crippen molar-refractivity contribution >= 4 is 75.9 Å². The standard InChI is InChI=1S/C30H36Cl4N6O5/c1-14(2)26(27(36)42)40-19(41)13-37-29(44)20-21(23(32)25(34)24(33)22(20)31)30(45)39-18-11-7-6-10-17(18)38-28(43)16(35)12-15-8-4-3-5-9-15/h3-5,8-9,14,16-18,26H,6-7,10-13,35H2,1-2H3,(H2,36,42)(H,37,44)(H,38,43)(H,39,45)(H,40,41)/t16-,17?,18?,26-/m0/s1. The Kier molecular flexibility index (Phi) is 13.3. The minimum Gasteiger partial charge on any atom is -0.368 e. The molecule has 15 heteroatoms. The van der Waals surface area contributed by atoms with Crippen molar-refractivity contribution in [3.63, 3.8) is 0 Å². The molecule has 1 aliphatic carbocycles. The molecular formula is C30H36Cl4N6O5. The van der Waals surface area contributed by atoms with Gasteiger partial charge in [0.25, 0.3) is 11.8 Å². The Labute approximate surface area is 281 Å². The minimum atomic E-state index is -0.962. The van der Waals surface area contributed by atoms with E-state index in [4.69, 9.17) is 57.9 Å². The van der Waals surface area contributed by atoms with Crippen LogP contribution >= 0.6 is 46.4 Å². The van der Waals surface area contributed by atoms with Crippen LogP contribution in [0.25, 0.3) is 0 Å². The van der Waals surface area contributed by atoms with Gasteiger partial charge in [-0.1, -0.05) is 103 Å². The van der Waals surface area contributed by atoms with Crippen molar-refractivity contribution in [1.82, 2.24) is 21.3 Å². The van der Waals surface area contributed by atoms with E-state index in [-0.39, 0.29) is 37.5 Å². The topological polar surface area (TPSA) is 186 Å². The zero-order valence-electron chi connectivity index (χ0n) is 24.7. The second-order valence-corrected chi connectivity index (χ2v) is 12.7. The number of rotatable bonds is 12. The number of benzene rings is 2. The molecule has 2 aromatic carbocycles. The Morgan fingerprint density at radius 1 is 0.822 bits per heavy atom. The van der Waals surface area contributed by atoms with Crippen molar-refractivity contribution in [1.29, 1.82) is 0 Å². The summed E-state index contributed by atoms with van der Waals surface area (Å²) in [5.74, 6) is -3.84. The summed E-state index contributed by atoms with van der Waals surface area (Å²) in [6, 6.07) is 6.61. The molecule has 0 bridgehead atoms. The van der Waals surface area contributed by atoms with E-state index in [2.05, 4.69) is 21.3 Å². The third kappa shape index (κ3) is 9.46. The third-order valence-corrected chi connectivity index (χ3v) is 9.27. The van der Waals surface area contributed by atoms with Gasteiger partial charge < -0.3 is 32.7 Å². The van der Waals surface area contributed by atoms with E-state index < -0.39 is 59.9 Å². The molecule has 1 aliphatic rings. The molecule has 4 atom stereocenters. The van der Waals surface area contributed by atoms with Gasteiger partial charge >= 0.3 is 0 Å². The van der Waals surface area contributed by atoms with Crippen molar-refractivity contribution < 1.29 is 24.0 Å². The van der Waals surface area contributed by atoms with Gasteiger partial charge in [0.05, 0.1) is 43.8 Å². The molecule has 45 heavy (non-hydrogen) atoms. The lowest BCUT2D eigenvalue weighted by molar-refractivity contribution is -0.127. The Bertz CT molecular complexity index is 1440. The van der Waals surface area contributed by atoms with Gasteiger partial charge in [0.2, 0.25) is 17.7 Å². The first-order valence-corrected chi connectivity index (χ1v) is 15.9. The SMILES string of the molecule is CC(C)[C@H](NC(=O)CNC(=O)c1c(Cl)c(Cl)c(Cl)c(Cl)c1C(=O)NC1CCCCC1NC(=O)[C@@H](N)Cc1ccccc1)C(N)=O. The second-order valence-electron chi connectivity index (χ2n) is 11.2. The summed E-state index contributed by atoms with van der Waals surface area (Å²) < 4.78 is 0. The van der Waals surface area contributed by atoms with E-state index >= 15 is 0 Å². The lowest BCUT2D eigenvalue weighted by atomic mass is 9.89. The molecule has 0 aromatic heterocycles. The number of hydrogen-bond acceptors (Lipinski definition) is 6.